The van der Waals surface area contributed by atoms with Gasteiger partial charge in [-0.05, 0) is 43.7 Å². The molecule has 25 heavy (non-hydrogen) atoms. The lowest BCUT2D eigenvalue weighted by atomic mass is 9.86. The van der Waals surface area contributed by atoms with Crippen LogP contribution in [0, 0.1) is 5.92 Å². The molecule has 0 spiro atoms. The van der Waals surface area contributed by atoms with E-state index in [1.165, 1.54) is 64.2 Å². The molecule has 2 aliphatic rings. The number of aliphatic imine (C=N–C) groups is 1. The van der Waals surface area contributed by atoms with E-state index in [2.05, 4.69) is 17.6 Å². The van der Waals surface area contributed by atoms with E-state index in [9.17, 15) is 5.11 Å². The van der Waals surface area contributed by atoms with Crippen molar-refractivity contribution in [1.82, 2.24) is 5.32 Å². The molecule has 3 N–H and O–H groups in total. The van der Waals surface area contributed by atoms with Crippen LogP contribution in [-0.4, -0.2) is 23.1 Å². The number of benzene rings is 1. The first-order chi connectivity index (χ1) is 12.2. The molecule has 0 amide bonds. The Bertz CT molecular complexity index is 564. The summed E-state index contributed by atoms with van der Waals surface area (Å²) in [5, 5.41) is 16.9. The van der Waals surface area contributed by atoms with Crippen LogP contribution in [0.2, 0.25) is 0 Å². The number of hydrogen-bond acceptors (Lipinski definition) is 2. The number of aromatic hydroxyl groups is 1. The maximum atomic E-state index is 9.75. The molecule has 0 aromatic heterocycles. The molecular weight excluding hydrogens is 310 g/mol. The minimum atomic E-state index is 0.282. The smallest absolute Gasteiger partial charge is 0.196 e. The third kappa shape index (κ3) is 5.65. The fourth-order valence-electron chi connectivity index (χ4n) is 4.10. The fourth-order valence-corrected chi connectivity index (χ4v) is 4.10. The third-order valence-electron chi connectivity index (χ3n) is 5.67. The maximum Gasteiger partial charge on any atom is 0.196 e. The molecule has 3 rings (SSSR count). The van der Waals surface area contributed by atoms with Gasteiger partial charge in [0.1, 0.15) is 5.75 Å². The molecule has 2 fully saturated rings. The monoisotopic (exact) mass is 343 g/mol. The average Bonchev–Trinajstić information content (AvgIpc) is 2.85. The van der Waals surface area contributed by atoms with E-state index in [1.807, 2.05) is 12.1 Å². The van der Waals surface area contributed by atoms with Crippen molar-refractivity contribution in [2.75, 3.05) is 5.32 Å². The molecule has 0 saturated heterocycles. The number of nitrogens with one attached hydrogen (secondary N) is 2. The summed E-state index contributed by atoms with van der Waals surface area (Å²) >= 11 is 0. The Hall–Kier alpha value is -1.71. The van der Waals surface area contributed by atoms with Crippen LogP contribution in [0.15, 0.2) is 29.3 Å². The number of hydrogen-bond donors (Lipinski definition) is 3. The molecule has 0 radical (unpaired) electrons. The van der Waals surface area contributed by atoms with Crippen LogP contribution in [0.3, 0.4) is 0 Å². The zero-order chi connectivity index (χ0) is 17.5. The second-order valence-corrected chi connectivity index (χ2v) is 7.81. The van der Waals surface area contributed by atoms with Crippen molar-refractivity contribution in [3.8, 4) is 5.75 Å². The second kappa shape index (κ2) is 9.12. The van der Waals surface area contributed by atoms with Gasteiger partial charge in [0.25, 0.3) is 0 Å². The highest BCUT2D eigenvalue weighted by Crippen LogP contribution is 2.27. The first kappa shape index (κ1) is 18.1. The Morgan fingerprint density at radius 2 is 1.72 bits per heavy atom. The summed E-state index contributed by atoms with van der Waals surface area (Å²) in [5.74, 6) is 1.81. The minimum Gasteiger partial charge on any atom is -0.508 e. The Morgan fingerprint density at radius 3 is 2.44 bits per heavy atom. The zero-order valence-corrected chi connectivity index (χ0v) is 15.5. The molecule has 2 saturated carbocycles. The lowest BCUT2D eigenvalue weighted by molar-refractivity contribution is 0.332. The Kier molecular flexibility index (Phi) is 6.60. The topological polar surface area (TPSA) is 56.7 Å². The molecule has 1 aromatic rings. The average molecular weight is 344 g/mol. The fraction of sp³-hybridized carbons (Fsp3) is 0.667. The first-order valence-electron chi connectivity index (χ1n) is 10.1. The molecule has 138 valence electrons. The normalized spacial score (nSPS) is 26.0. The third-order valence-corrected chi connectivity index (χ3v) is 5.67. The number of phenolic OH excluding ortho intramolecular Hbond substituents is 1. The number of guanidine groups is 1. The highest BCUT2D eigenvalue weighted by atomic mass is 16.3. The number of rotatable bonds is 3. The molecule has 0 heterocycles. The largest absolute Gasteiger partial charge is 0.508 e. The van der Waals surface area contributed by atoms with Crippen LogP contribution in [0.4, 0.5) is 5.69 Å². The summed E-state index contributed by atoms with van der Waals surface area (Å²) in [5.41, 5.74) is 0.892. The highest BCUT2D eigenvalue weighted by molar-refractivity contribution is 5.94. The van der Waals surface area contributed by atoms with Crippen molar-refractivity contribution < 1.29 is 5.11 Å². The molecule has 1 aromatic carbocycles. The summed E-state index contributed by atoms with van der Waals surface area (Å²) in [7, 11) is 0. The summed E-state index contributed by atoms with van der Waals surface area (Å²) in [6.45, 7) is 2.32. The number of phenols is 1. The second-order valence-electron chi connectivity index (χ2n) is 7.81. The van der Waals surface area contributed by atoms with Crippen LogP contribution < -0.4 is 10.6 Å². The molecule has 4 heteroatoms. The SMILES string of the molecule is CC1CCCCC1N=C(Nc1cccc(O)c1)NC1CCCCCC1. The Balaban J connectivity index is 1.74. The van der Waals surface area contributed by atoms with Gasteiger partial charge in [-0.25, -0.2) is 4.99 Å². The van der Waals surface area contributed by atoms with Gasteiger partial charge in [-0.15, -0.1) is 0 Å². The van der Waals surface area contributed by atoms with Crippen LogP contribution in [0.5, 0.6) is 5.75 Å². The van der Waals surface area contributed by atoms with Crippen LogP contribution in [0.1, 0.15) is 71.1 Å². The van der Waals surface area contributed by atoms with Crippen LogP contribution in [-0.2, 0) is 0 Å². The summed E-state index contributed by atoms with van der Waals surface area (Å²) < 4.78 is 0. The molecule has 4 nitrogen and oxygen atoms in total. The van der Waals surface area contributed by atoms with E-state index < -0.39 is 0 Å². The van der Waals surface area contributed by atoms with Crippen molar-refractivity contribution in [3.05, 3.63) is 24.3 Å². The standard InChI is InChI=1S/C21H33N3O/c1-16-9-6-7-14-20(16)24-21(22-17-10-4-2-3-5-11-17)23-18-12-8-13-19(25)15-18/h8,12-13,15-17,20,25H,2-7,9-11,14H2,1H3,(H2,22,23,24). The van der Waals surface area contributed by atoms with Crippen molar-refractivity contribution in [1.29, 1.82) is 0 Å². The van der Waals surface area contributed by atoms with E-state index >= 15 is 0 Å². The molecule has 0 bridgehead atoms. The van der Waals surface area contributed by atoms with Crippen LogP contribution >= 0.6 is 0 Å². The molecular formula is C21H33N3O. The van der Waals surface area contributed by atoms with Gasteiger partial charge in [-0.2, -0.15) is 0 Å². The summed E-state index contributed by atoms with van der Waals surface area (Å²) in [6, 6.07) is 8.20. The van der Waals surface area contributed by atoms with E-state index in [0.29, 0.717) is 18.0 Å². The number of anilines is 1. The van der Waals surface area contributed by atoms with E-state index in [-0.39, 0.29) is 5.75 Å². The zero-order valence-electron chi connectivity index (χ0n) is 15.5. The molecule has 2 atom stereocenters. The van der Waals surface area contributed by atoms with Gasteiger partial charge in [0.05, 0.1) is 6.04 Å². The number of nitrogens with zero attached hydrogens (tertiary/aromatic N) is 1. The predicted octanol–water partition coefficient (Wildman–Crippen LogP) is 5.05. The lowest BCUT2D eigenvalue weighted by Crippen LogP contribution is -2.40. The van der Waals surface area contributed by atoms with Crippen molar-refractivity contribution in [2.45, 2.75) is 83.2 Å². The van der Waals surface area contributed by atoms with E-state index in [0.717, 1.165) is 11.6 Å². The van der Waals surface area contributed by atoms with Gasteiger partial charge in [0.2, 0.25) is 0 Å². The maximum absolute atomic E-state index is 9.75. The van der Waals surface area contributed by atoms with Gasteiger partial charge in [0.15, 0.2) is 5.96 Å². The first-order valence-corrected chi connectivity index (χ1v) is 10.1. The van der Waals surface area contributed by atoms with Gasteiger partial charge in [-0.3, -0.25) is 0 Å². The van der Waals surface area contributed by atoms with Crippen molar-refractivity contribution in [2.24, 2.45) is 10.9 Å². The molecule has 2 aliphatic carbocycles. The quantitative estimate of drug-likeness (QED) is 0.409. The molecule has 0 aliphatic heterocycles. The van der Waals surface area contributed by atoms with Crippen molar-refractivity contribution >= 4 is 11.6 Å². The molecule has 2 unspecified atom stereocenters. The Labute approximate surface area is 152 Å². The van der Waals surface area contributed by atoms with E-state index in [4.69, 9.17) is 4.99 Å². The van der Waals surface area contributed by atoms with Crippen molar-refractivity contribution in [3.63, 3.8) is 0 Å². The van der Waals surface area contributed by atoms with Gasteiger partial charge in [-0.1, -0.05) is 51.5 Å². The summed E-state index contributed by atoms with van der Waals surface area (Å²) in [4.78, 5) is 5.08. The Morgan fingerprint density at radius 1 is 1.00 bits per heavy atom. The summed E-state index contributed by atoms with van der Waals surface area (Å²) in [6.07, 6.45) is 12.8. The van der Waals surface area contributed by atoms with Gasteiger partial charge >= 0.3 is 0 Å². The van der Waals surface area contributed by atoms with E-state index in [1.54, 1.807) is 12.1 Å². The van der Waals surface area contributed by atoms with Gasteiger partial charge in [0, 0.05) is 17.8 Å². The lowest BCUT2D eigenvalue weighted by Gasteiger charge is -2.28. The predicted molar refractivity (Wildman–Crippen MR) is 105 cm³/mol. The van der Waals surface area contributed by atoms with Crippen LogP contribution in [0.25, 0.3) is 0 Å². The highest BCUT2D eigenvalue weighted by Gasteiger charge is 2.22. The minimum absolute atomic E-state index is 0.282. The van der Waals surface area contributed by atoms with Gasteiger partial charge < -0.3 is 15.7 Å².